The Bertz CT molecular complexity index is 665. The molecule has 0 bridgehead atoms. The van der Waals surface area contributed by atoms with E-state index < -0.39 is 0 Å². The number of nitrogens with zero attached hydrogens (tertiary/aromatic N) is 1. The molecule has 0 saturated carbocycles. The maximum absolute atomic E-state index is 12.7. The Morgan fingerprint density at radius 2 is 2.15 bits per heavy atom. The smallest absolute Gasteiger partial charge is 0.240 e. The minimum absolute atomic E-state index is 0.0590. The van der Waals surface area contributed by atoms with Gasteiger partial charge in [0.05, 0.1) is 12.1 Å². The number of ether oxygens (including phenoxy) is 4. The molecule has 148 valence electrons. The van der Waals surface area contributed by atoms with E-state index in [0.717, 1.165) is 30.9 Å². The molecule has 2 saturated heterocycles. The fourth-order valence-corrected chi connectivity index (χ4v) is 3.67. The van der Waals surface area contributed by atoms with Crippen molar-refractivity contribution in [2.24, 2.45) is 0 Å². The predicted molar refractivity (Wildman–Crippen MR) is 97.8 cm³/mol. The molecule has 0 aromatic heterocycles. The minimum atomic E-state index is -0.246. The van der Waals surface area contributed by atoms with E-state index in [0.29, 0.717) is 25.3 Å². The number of benzene rings is 1. The van der Waals surface area contributed by atoms with Crippen LogP contribution in [0.25, 0.3) is 0 Å². The van der Waals surface area contributed by atoms with Gasteiger partial charge >= 0.3 is 0 Å². The van der Waals surface area contributed by atoms with E-state index in [-0.39, 0.29) is 30.9 Å². The van der Waals surface area contributed by atoms with Gasteiger partial charge in [-0.2, -0.15) is 0 Å². The Morgan fingerprint density at radius 3 is 3.00 bits per heavy atom. The van der Waals surface area contributed by atoms with E-state index >= 15 is 0 Å². The third-order valence-electron chi connectivity index (χ3n) is 5.20. The van der Waals surface area contributed by atoms with Crippen molar-refractivity contribution < 1.29 is 23.7 Å². The molecule has 2 N–H and O–H groups in total. The Balaban J connectivity index is 1.22. The summed E-state index contributed by atoms with van der Waals surface area (Å²) in [5.41, 5.74) is 6.25. The van der Waals surface area contributed by atoms with E-state index in [1.807, 2.05) is 25.2 Å². The second-order valence-electron chi connectivity index (χ2n) is 7.31. The summed E-state index contributed by atoms with van der Waals surface area (Å²) in [6.07, 6.45) is 4.16. The lowest BCUT2D eigenvalue weighted by Gasteiger charge is -2.28. The molecular weight excluding hydrogens is 350 g/mol. The second kappa shape index (κ2) is 8.33. The first-order valence-electron chi connectivity index (χ1n) is 9.59. The highest BCUT2D eigenvalue weighted by molar-refractivity contribution is 5.82. The van der Waals surface area contributed by atoms with Crippen LogP contribution in [0.1, 0.15) is 25.7 Å². The second-order valence-corrected chi connectivity index (χ2v) is 7.31. The highest BCUT2D eigenvalue weighted by Gasteiger charge is 2.32. The lowest BCUT2D eigenvalue weighted by Crippen LogP contribution is -2.47. The van der Waals surface area contributed by atoms with Crippen LogP contribution in [0, 0.1) is 0 Å². The summed E-state index contributed by atoms with van der Waals surface area (Å²) in [5, 5.41) is 0. The summed E-state index contributed by atoms with van der Waals surface area (Å²) >= 11 is 0. The maximum Gasteiger partial charge on any atom is 0.240 e. The van der Waals surface area contributed by atoms with E-state index in [2.05, 4.69) is 10.9 Å². The molecule has 4 rings (SSSR count). The van der Waals surface area contributed by atoms with Crippen molar-refractivity contribution in [2.75, 3.05) is 33.6 Å². The lowest BCUT2D eigenvalue weighted by atomic mass is 10.1. The predicted octanol–water partition coefficient (Wildman–Crippen LogP) is 1.06. The topological polar surface area (TPSA) is 81.3 Å². The highest BCUT2D eigenvalue weighted by Crippen LogP contribution is 2.35. The lowest BCUT2D eigenvalue weighted by molar-refractivity contribution is -0.134. The van der Waals surface area contributed by atoms with Gasteiger partial charge in [-0.3, -0.25) is 10.2 Å². The van der Waals surface area contributed by atoms with E-state index in [1.54, 1.807) is 4.90 Å². The number of hydrogen-bond donors (Lipinski definition) is 2. The molecule has 1 amide bonds. The number of rotatable bonds is 6. The summed E-state index contributed by atoms with van der Waals surface area (Å²) in [6, 6.07) is 5.33. The van der Waals surface area contributed by atoms with E-state index in [9.17, 15) is 4.79 Å². The van der Waals surface area contributed by atoms with Gasteiger partial charge in [0.25, 0.3) is 0 Å². The molecule has 0 radical (unpaired) electrons. The summed E-state index contributed by atoms with van der Waals surface area (Å²) < 4.78 is 22.2. The normalized spacial score (nSPS) is 26.8. The summed E-state index contributed by atoms with van der Waals surface area (Å²) in [5.74, 6) is 2.24. The molecule has 0 spiro atoms. The number of fused-ring (bicyclic) bond motifs is 1. The van der Waals surface area contributed by atoms with Crippen LogP contribution in [0.3, 0.4) is 0 Å². The van der Waals surface area contributed by atoms with Gasteiger partial charge < -0.3 is 23.8 Å². The summed E-state index contributed by atoms with van der Waals surface area (Å²) in [6.45, 7) is 2.16. The van der Waals surface area contributed by atoms with Crippen molar-refractivity contribution in [2.45, 2.75) is 43.9 Å². The van der Waals surface area contributed by atoms with Gasteiger partial charge in [-0.1, -0.05) is 0 Å². The number of likely N-dealkylation sites (N-methyl/N-ethyl adjacent to an activating group) is 1. The average Bonchev–Trinajstić information content (AvgIpc) is 3.35. The van der Waals surface area contributed by atoms with Crippen LogP contribution in [0.2, 0.25) is 0 Å². The summed E-state index contributed by atoms with van der Waals surface area (Å²) in [7, 11) is 1.85. The zero-order valence-corrected chi connectivity index (χ0v) is 15.6. The molecule has 27 heavy (non-hydrogen) atoms. The molecule has 3 aliphatic heterocycles. The number of amides is 1. The number of nitrogens with one attached hydrogen (secondary N) is 2. The van der Waals surface area contributed by atoms with Crippen molar-refractivity contribution in [1.29, 1.82) is 0 Å². The van der Waals surface area contributed by atoms with Crippen LogP contribution < -0.4 is 25.1 Å². The van der Waals surface area contributed by atoms with Crippen LogP contribution in [-0.2, 0) is 9.53 Å². The number of carbonyl (C=O) groups excluding carboxylic acids is 1. The molecule has 0 aliphatic carbocycles. The van der Waals surface area contributed by atoms with Crippen molar-refractivity contribution >= 4 is 5.91 Å². The maximum atomic E-state index is 12.7. The molecule has 3 unspecified atom stereocenters. The van der Waals surface area contributed by atoms with Gasteiger partial charge in [0.2, 0.25) is 12.7 Å². The third-order valence-corrected chi connectivity index (χ3v) is 5.20. The number of carbonyl (C=O) groups is 1. The largest absolute Gasteiger partial charge is 0.492 e. The van der Waals surface area contributed by atoms with Crippen LogP contribution >= 0.6 is 0 Å². The standard InChI is InChI=1S/C19H27N3O5/c1-22(10-15-4-2-3-7-24-15)19(23)16-8-13(20-21-16)11-25-14-5-6-17-18(9-14)27-12-26-17/h5-6,9,13,15-16,20-21H,2-4,7-8,10-12H2,1H3. The van der Waals surface area contributed by atoms with Gasteiger partial charge in [0.1, 0.15) is 18.4 Å². The van der Waals surface area contributed by atoms with Gasteiger partial charge in [-0.05, 0) is 37.8 Å². The fraction of sp³-hybridized carbons (Fsp3) is 0.632. The first-order valence-corrected chi connectivity index (χ1v) is 9.59. The number of hydrazine groups is 1. The zero-order chi connectivity index (χ0) is 18.6. The highest BCUT2D eigenvalue weighted by atomic mass is 16.7. The molecule has 1 aromatic rings. The number of hydrogen-bond acceptors (Lipinski definition) is 7. The molecular formula is C19H27N3O5. The van der Waals surface area contributed by atoms with Crippen molar-refractivity contribution in [3.8, 4) is 17.2 Å². The first-order chi connectivity index (χ1) is 13.2. The van der Waals surface area contributed by atoms with Gasteiger partial charge in [-0.25, -0.2) is 5.43 Å². The van der Waals surface area contributed by atoms with E-state index in [4.69, 9.17) is 18.9 Å². The van der Waals surface area contributed by atoms with Crippen molar-refractivity contribution in [3.05, 3.63) is 18.2 Å². The monoisotopic (exact) mass is 377 g/mol. The first kappa shape index (κ1) is 18.3. The Labute approximate surface area is 159 Å². The molecule has 3 atom stereocenters. The minimum Gasteiger partial charge on any atom is -0.492 e. The summed E-state index contributed by atoms with van der Waals surface area (Å²) in [4.78, 5) is 14.4. The van der Waals surface area contributed by atoms with Crippen LogP contribution in [-0.4, -0.2) is 62.6 Å². The quantitative estimate of drug-likeness (QED) is 0.767. The Hall–Kier alpha value is -2.03. The van der Waals surface area contributed by atoms with Crippen molar-refractivity contribution in [3.63, 3.8) is 0 Å². The SMILES string of the molecule is CN(CC1CCCCO1)C(=O)C1CC(COc2ccc3c(c2)OCO3)NN1. The molecule has 1 aromatic carbocycles. The molecule has 3 aliphatic rings. The van der Waals surface area contributed by atoms with E-state index in [1.165, 1.54) is 6.42 Å². The van der Waals surface area contributed by atoms with Gasteiger partial charge in [0.15, 0.2) is 11.5 Å². The molecule has 8 heteroatoms. The molecule has 2 fully saturated rings. The van der Waals surface area contributed by atoms with Crippen LogP contribution in [0.15, 0.2) is 18.2 Å². The molecule has 3 heterocycles. The average molecular weight is 377 g/mol. The third kappa shape index (κ3) is 4.45. The van der Waals surface area contributed by atoms with Crippen LogP contribution in [0.4, 0.5) is 0 Å². The van der Waals surface area contributed by atoms with Gasteiger partial charge in [0, 0.05) is 26.3 Å². The fourth-order valence-electron chi connectivity index (χ4n) is 3.67. The Kier molecular flexibility index (Phi) is 5.66. The van der Waals surface area contributed by atoms with Gasteiger partial charge in [-0.15, -0.1) is 0 Å². The molecule has 8 nitrogen and oxygen atoms in total. The zero-order valence-electron chi connectivity index (χ0n) is 15.6. The van der Waals surface area contributed by atoms with Crippen molar-refractivity contribution in [1.82, 2.24) is 15.8 Å². The Morgan fingerprint density at radius 1 is 1.26 bits per heavy atom. The van der Waals surface area contributed by atoms with Crippen LogP contribution in [0.5, 0.6) is 17.2 Å².